The summed E-state index contributed by atoms with van der Waals surface area (Å²) < 4.78 is 11.5. The molecule has 7 nitrogen and oxygen atoms in total. The molecule has 1 aliphatic heterocycles. The van der Waals surface area contributed by atoms with Gasteiger partial charge >= 0.3 is 0 Å². The zero-order chi connectivity index (χ0) is 14.9. The minimum absolute atomic E-state index is 0.0578. The van der Waals surface area contributed by atoms with Crippen LogP contribution >= 0.6 is 0 Å². The monoisotopic (exact) mass is 289 g/mol. The molecule has 2 aliphatic rings. The van der Waals surface area contributed by atoms with Gasteiger partial charge in [0.1, 0.15) is 12.2 Å². The maximum absolute atomic E-state index is 10.1. The van der Waals surface area contributed by atoms with Gasteiger partial charge in [0, 0.05) is 12.6 Å². The number of nitrogens with two attached hydrogens (primary N) is 3. The summed E-state index contributed by atoms with van der Waals surface area (Å²) in [6.45, 7) is 2.27. The lowest BCUT2D eigenvalue weighted by molar-refractivity contribution is -0.254. The van der Waals surface area contributed by atoms with Crippen molar-refractivity contribution in [2.24, 2.45) is 23.1 Å². The van der Waals surface area contributed by atoms with Crippen LogP contribution in [-0.4, -0.2) is 59.5 Å². The number of rotatable bonds is 3. The molecule has 0 spiro atoms. The Balaban J connectivity index is 2.00. The predicted molar refractivity (Wildman–Crippen MR) is 73.6 cm³/mol. The van der Waals surface area contributed by atoms with Crippen LogP contribution in [0.25, 0.3) is 0 Å². The minimum Gasteiger partial charge on any atom is -0.390 e. The van der Waals surface area contributed by atoms with E-state index in [1.165, 1.54) is 0 Å². The maximum atomic E-state index is 10.1. The van der Waals surface area contributed by atoms with Gasteiger partial charge in [-0.15, -0.1) is 0 Å². The van der Waals surface area contributed by atoms with Gasteiger partial charge in [-0.05, 0) is 25.2 Å². The van der Waals surface area contributed by atoms with Crippen LogP contribution in [0.15, 0.2) is 0 Å². The molecule has 0 radical (unpaired) electrons. The largest absolute Gasteiger partial charge is 0.390 e. The first-order valence-electron chi connectivity index (χ1n) is 7.32. The lowest BCUT2D eigenvalue weighted by atomic mass is 9.81. The molecular weight excluding hydrogens is 262 g/mol. The summed E-state index contributed by atoms with van der Waals surface area (Å²) in [5.74, 6) is -0.0578. The van der Waals surface area contributed by atoms with Gasteiger partial charge in [-0.1, -0.05) is 6.92 Å². The summed E-state index contributed by atoms with van der Waals surface area (Å²) in [4.78, 5) is 0. The molecular formula is C13H27N3O4. The summed E-state index contributed by atoms with van der Waals surface area (Å²) >= 11 is 0. The Morgan fingerprint density at radius 3 is 2.50 bits per heavy atom. The Kier molecular flexibility index (Phi) is 5.36. The van der Waals surface area contributed by atoms with Crippen LogP contribution in [0.4, 0.5) is 0 Å². The highest BCUT2D eigenvalue weighted by Gasteiger charge is 2.43. The Bertz CT molecular complexity index is 320. The van der Waals surface area contributed by atoms with E-state index in [0.29, 0.717) is 13.0 Å². The van der Waals surface area contributed by atoms with Crippen molar-refractivity contribution in [3.05, 3.63) is 0 Å². The first kappa shape index (κ1) is 16.1. The van der Waals surface area contributed by atoms with E-state index in [1.807, 2.05) is 6.92 Å². The second-order valence-electron chi connectivity index (χ2n) is 6.06. The van der Waals surface area contributed by atoms with E-state index in [2.05, 4.69) is 0 Å². The van der Waals surface area contributed by atoms with E-state index in [4.69, 9.17) is 26.7 Å². The van der Waals surface area contributed by atoms with Crippen molar-refractivity contribution in [1.29, 1.82) is 0 Å². The van der Waals surface area contributed by atoms with Gasteiger partial charge in [0.15, 0.2) is 6.29 Å². The topological polar surface area (TPSA) is 137 Å². The van der Waals surface area contributed by atoms with Gasteiger partial charge in [-0.3, -0.25) is 0 Å². The summed E-state index contributed by atoms with van der Waals surface area (Å²) in [6.07, 6.45) is -1.11. The number of aliphatic hydroxyl groups excluding tert-OH is 2. The zero-order valence-corrected chi connectivity index (χ0v) is 11.9. The third-order valence-electron chi connectivity index (χ3n) is 4.39. The van der Waals surface area contributed by atoms with Crippen molar-refractivity contribution >= 4 is 0 Å². The van der Waals surface area contributed by atoms with Crippen LogP contribution in [0, 0.1) is 5.92 Å². The SMILES string of the molecule is CC1CC(N)C(OC2OC(CN)CCC2N)C(O)C1O. The minimum atomic E-state index is -1.03. The lowest BCUT2D eigenvalue weighted by Crippen LogP contribution is -2.60. The van der Waals surface area contributed by atoms with E-state index in [0.717, 1.165) is 12.8 Å². The van der Waals surface area contributed by atoms with Gasteiger partial charge in [0.25, 0.3) is 0 Å². The molecule has 0 aromatic heterocycles. The molecule has 0 aromatic carbocycles. The molecule has 0 aromatic rings. The number of hydrogen-bond donors (Lipinski definition) is 5. The third kappa shape index (κ3) is 3.30. The van der Waals surface area contributed by atoms with Gasteiger partial charge in [-0.25, -0.2) is 0 Å². The molecule has 1 heterocycles. The predicted octanol–water partition coefficient (Wildman–Crippen LogP) is -1.75. The molecule has 7 heteroatoms. The van der Waals surface area contributed by atoms with E-state index >= 15 is 0 Å². The first-order chi connectivity index (χ1) is 9.43. The Hall–Kier alpha value is -0.280. The van der Waals surface area contributed by atoms with Gasteiger partial charge in [-0.2, -0.15) is 0 Å². The van der Waals surface area contributed by atoms with Crippen LogP contribution in [0.1, 0.15) is 26.2 Å². The van der Waals surface area contributed by atoms with Gasteiger partial charge < -0.3 is 36.9 Å². The van der Waals surface area contributed by atoms with Crippen molar-refractivity contribution in [2.75, 3.05) is 6.54 Å². The van der Waals surface area contributed by atoms with Crippen LogP contribution < -0.4 is 17.2 Å². The standard InChI is InChI=1S/C13H27N3O4/c1-6-4-9(16)12(11(18)10(6)17)20-13-8(15)3-2-7(5-14)19-13/h6-13,17-18H,2-5,14-16H2,1H3. The number of ether oxygens (including phenoxy) is 2. The fraction of sp³-hybridized carbons (Fsp3) is 1.00. The van der Waals surface area contributed by atoms with Crippen molar-refractivity contribution in [3.63, 3.8) is 0 Å². The summed E-state index contributed by atoms with van der Waals surface area (Å²) in [5, 5.41) is 20.1. The Labute approximate surface area is 119 Å². The first-order valence-corrected chi connectivity index (χ1v) is 7.32. The maximum Gasteiger partial charge on any atom is 0.173 e. The smallest absolute Gasteiger partial charge is 0.173 e. The average Bonchev–Trinajstić information content (AvgIpc) is 2.43. The van der Waals surface area contributed by atoms with Crippen molar-refractivity contribution in [2.45, 2.75) is 69.0 Å². The van der Waals surface area contributed by atoms with Gasteiger partial charge in [0.2, 0.25) is 0 Å². The highest BCUT2D eigenvalue weighted by molar-refractivity contribution is 4.95. The molecule has 2 rings (SSSR count). The Morgan fingerprint density at radius 2 is 1.85 bits per heavy atom. The third-order valence-corrected chi connectivity index (χ3v) is 4.39. The molecule has 8 atom stereocenters. The van der Waals surface area contributed by atoms with E-state index in [-0.39, 0.29) is 24.1 Å². The van der Waals surface area contributed by atoms with E-state index in [9.17, 15) is 10.2 Å². The van der Waals surface area contributed by atoms with Crippen molar-refractivity contribution in [1.82, 2.24) is 0 Å². The fourth-order valence-corrected chi connectivity index (χ4v) is 3.00. The second kappa shape index (κ2) is 6.65. The summed E-state index contributed by atoms with van der Waals surface area (Å²) in [5.41, 5.74) is 17.6. The zero-order valence-electron chi connectivity index (χ0n) is 11.9. The van der Waals surface area contributed by atoms with Crippen LogP contribution in [-0.2, 0) is 9.47 Å². The fourth-order valence-electron chi connectivity index (χ4n) is 3.00. The Morgan fingerprint density at radius 1 is 1.15 bits per heavy atom. The molecule has 8 N–H and O–H groups in total. The van der Waals surface area contributed by atoms with Crippen LogP contribution in [0.2, 0.25) is 0 Å². The molecule has 1 saturated heterocycles. The number of hydrogen-bond acceptors (Lipinski definition) is 7. The van der Waals surface area contributed by atoms with Crippen molar-refractivity contribution < 1.29 is 19.7 Å². The van der Waals surface area contributed by atoms with E-state index in [1.54, 1.807) is 0 Å². The quantitative estimate of drug-likeness (QED) is 0.415. The number of aliphatic hydroxyl groups is 2. The molecule has 0 bridgehead atoms. The molecule has 0 amide bonds. The normalized spacial score (nSPS) is 50.1. The molecule has 1 aliphatic carbocycles. The van der Waals surface area contributed by atoms with Crippen molar-refractivity contribution in [3.8, 4) is 0 Å². The molecule has 1 saturated carbocycles. The lowest BCUT2D eigenvalue weighted by Gasteiger charge is -2.43. The summed E-state index contributed by atoms with van der Waals surface area (Å²) in [6, 6.07) is -0.619. The molecule has 118 valence electrons. The van der Waals surface area contributed by atoms with E-state index < -0.39 is 24.6 Å². The van der Waals surface area contributed by atoms with Crippen LogP contribution in [0.3, 0.4) is 0 Å². The highest BCUT2D eigenvalue weighted by atomic mass is 16.7. The van der Waals surface area contributed by atoms with Crippen LogP contribution in [0.5, 0.6) is 0 Å². The molecule has 20 heavy (non-hydrogen) atoms. The molecule has 8 unspecified atom stereocenters. The average molecular weight is 289 g/mol. The molecule has 2 fully saturated rings. The van der Waals surface area contributed by atoms with Gasteiger partial charge in [0.05, 0.1) is 18.2 Å². The highest BCUT2D eigenvalue weighted by Crippen LogP contribution is 2.29. The second-order valence-corrected chi connectivity index (χ2v) is 6.06. The summed E-state index contributed by atoms with van der Waals surface area (Å²) in [7, 11) is 0.